The summed E-state index contributed by atoms with van der Waals surface area (Å²) in [4.78, 5) is 32.6. The summed E-state index contributed by atoms with van der Waals surface area (Å²) in [6.07, 6.45) is 3.35. The molecule has 29 heavy (non-hydrogen) atoms. The number of nitrogens with one attached hydrogen (secondary N) is 2. The molecule has 2 amide bonds. The monoisotopic (exact) mass is 391 g/mol. The van der Waals surface area contributed by atoms with E-state index in [4.69, 9.17) is 4.42 Å². The molecule has 7 nitrogen and oxygen atoms in total. The third-order valence-electron chi connectivity index (χ3n) is 5.08. The molecular weight excluding hydrogens is 368 g/mol. The van der Waals surface area contributed by atoms with Crippen LogP contribution in [-0.2, 0) is 0 Å². The molecule has 4 rings (SSSR count). The Balaban J connectivity index is 1.43. The summed E-state index contributed by atoms with van der Waals surface area (Å²) in [5.41, 5.74) is 2.05. The van der Waals surface area contributed by atoms with Crippen molar-refractivity contribution in [1.82, 2.24) is 4.90 Å². The van der Waals surface area contributed by atoms with E-state index in [-0.39, 0.29) is 17.6 Å². The molecule has 7 heteroatoms. The first kappa shape index (κ1) is 18.7. The number of aromatic nitrogens is 1. The summed E-state index contributed by atoms with van der Waals surface area (Å²) in [5.74, 6) is 0.915. The van der Waals surface area contributed by atoms with Gasteiger partial charge >= 0.3 is 0 Å². The van der Waals surface area contributed by atoms with Crippen LogP contribution in [0, 0.1) is 6.92 Å². The Labute approximate surface area is 169 Å². The van der Waals surface area contributed by atoms with Crippen LogP contribution in [-0.4, -0.2) is 42.9 Å². The zero-order chi connectivity index (χ0) is 20.2. The fraction of sp³-hybridized carbons (Fsp3) is 0.227. The maximum Gasteiger partial charge on any atom is 0.291 e. The summed E-state index contributed by atoms with van der Waals surface area (Å²) in [6.45, 7) is 4.70. The lowest BCUT2D eigenvalue weighted by atomic mass is 10.1. The van der Waals surface area contributed by atoms with Crippen LogP contribution < -0.4 is 15.2 Å². The fourth-order valence-corrected chi connectivity index (χ4v) is 3.39. The van der Waals surface area contributed by atoms with Crippen molar-refractivity contribution < 1.29 is 19.0 Å². The minimum atomic E-state index is -0.338. The number of nitrogens with zero attached hydrogens (tertiary/aromatic N) is 2. The minimum Gasteiger partial charge on any atom is -0.459 e. The van der Waals surface area contributed by atoms with Gasteiger partial charge in [0.25, 0.3) is 17.6 Å². The van der Waals surface area contributed by atoms with Gasteiger partial charge in [0.2, 0.25) is 0 Å². The van der Waals surface area contributed by atoms with Gasteiger partial charge in [-0.05, 0) is 42.8 Å². The first-order chi connectivity index (χ1) is 14.1. The highest BCUT2D eigenvalue weighted by atomic mass is 16.3. The molecule has 0 spiro atoms. The molecule has 0 bridgehead atoms. The first-order valence-electron chi connectivity index (χ1n) is 9.58. The van der Waals surface area contributed by atoms with E-state index in [1.54, 1.807) is 24.3 Å². The summed E-state index contributed by atoms with van der Waals surface area (Å²) < 4.78 is 5.13. The number of pyridine rings is 1. The highest BCUT2D eigenvalue weighted by Crippen LogP contribution is 2.20. The van der Waals surface area contributed by atoms with Gasteiger partial charge in [-0.15, -0.1) is 0 Å². The van der Waals surface area contributed by atoms with Crippen LogP contribution in [0.1, 0.15) is 26.5 Å². The number of carbonyl (C=O) groups is 2. The summed E-state index contributed by atoms with van der Waals surface area (Å²) >= 11 is 0. The number of benzene rings is 1. The molecule has 3 heterocycles. The predicted molar refractivity (Wildman–Crippen MR) is 109 cm³/mol. The van der Waals surface area contributed by atoms with Gasteiger partial charge in [-0.2, -0.15) is 0 Å². The largest absolute Gasteiger partial charge is 0.459 e. The lowest BCUT2D eigenvalue weighted by Gasteiger charge is -2.31. The Kier molecular flexibility index (Phi) is 5.29. The van der Waals surface area contributed by atoms with E-state index in [9.17, 15) is 9.59 Å². The first-order valence-corrected chi connectivity index (χ1v) is 9.58. The molecule has 1 aliphatic heterocycles. The number of hydrogen-bond acceptors (Lipinski definition) is 4. The lowest BCUT2D eigenvalue weighted by Crippen LogP contribution is -2.50. The number of hydrogen-bond donors (Lipinski definition) is 1. The second kappa shape index (κ2) is 8.18. The average molecular weight is 391 g/mol. The molecular formula is C22H23N4O3+. The van der Waals surface area contributed by atoms with Crippen LogP contribution in [0.25, 0.3) is 0 Å². The average Bonchev–Trinajstić information content (AvgIpc) is 3.31. The number of amides is 2. The number of anilines is 2. The number of rotatable bonds is 4. The van der Waals surface area contributed by atoms with Gasteiger partial charge < -0.3 is 14.6 Å². The maximum atomic E-state index is 13.0. The van der Waals surface area contributed by atoms with E-state index in [0.717, 1.165) is 24.5 Å². The Morgan fingerprint density at radius 3 is 2.55 bits per heavy atom. The number of carbonyl (C=O) groups excluding carboxylic acids is 2. The van der Waals surface area contributed by atoms with Crippen molar-refractivity contribution in [2.75, 3.05) is 36.4 Å². The second-order valence-electron chi connectivity index (χ2n) is 6.99. The van der Waals surface area contributed by atoms with E-state index in [0.29, 0.717) is 24.3 Å². The van der Waals surface area contributed by atoms with Crippen LogP contribution in [0.15, 0.2) is 65.4 Å². The van der Waals surface area contributed by atoms with Gasteiger partial charge in [-0.1, -0.05) is 12.1 Å². The summed E-state index contributed by atoms with van der Waals surface area (Å²) in [6, 6.07) is 14.6. The highest BCUT2D eigenvalue weighted by Gasteiger charge is 2.27. The van der Waals surface area contributed by atoms with Crippen molar-refractivity contribution in [1.29, 1.82) is 0 Å². The van der Waals surface area contributed by atoms with Gasteiger partial charge in [-0.25, -0.2) is 4.98 Å². The Morgan fingerprint density at radius 1 is 1.03 bits per heavy atom. The summed E-state index contributed by atoms with van der Waals surface area (Å²) in [7, 11) is 0. The standard InChI is InChI=1S/C22H22N4O3/c1-16-7-8-17(15-18(16)24-21(27)19-5-4-14-29-19)22(28)26-12-10-25(11-13-26)20-6-2-3-9-23-20/h2-9,14-15H,10-13H2,1H3,(H,24,27)/p+1. The number of furan rings is 1. The predicted octanol–water partition coefficient (Wildman–Crippen LogP) is 2.62. The van der Waals surface area contributed by atoms with Crippen molar-refractivity contribution in [3.05, 3.63) is 77.9 Å². The van der Waals surface area contributed by atoms with E-state index in [1.807, 2.05) is 42.3 Å². The molecule has 3 aromatic rings. The van der Waals surface area contributed by atoms with Gasteiger partial charge in [0, 0.05) is 17.3 Å². The van der Waals surface area contributed by atoms with E-state index < -0.39 is 0 Å². The highest BCUT2D eigenvalue weighted by molar-refractivity contribution is 6.04. The molecule has 1 aromatic carbocycles. The Bertz CT molecular complexity index is 994. The lowest BCUT2D eigenvalue weighted by molar-refractivity contribution is -0.364. The fourth-order valence-electron chi connectivity index (χ4n) is 3.39. The van der Waals surface area contributed by atoms with E-state index >= 15 is 0 Å². The van der Waals surface area contributed by atoms with Gasteiger partial charge in [0.05, 0.1) is 25.5 Å². The topological polar surface area (TPSA) is 79.9 Å². The molecule has 1 aliphatic rings. The second-order valence-corrected chi connectivity index (χ2v) is 6.99. The van der Waals surface area contributed by atoms with Crippen molar-refractivity contribution >= 4 is 23.3 Å². The van der Waals surface area contributed by atoms with Crippen molar-refractivity contribution in [3.63, 3.8) is 0 Å². The number of aryl methyl sites for hydroxylation is 1. The van der Waals surface area contributed by atoms with Crippen molar-refractivity contribution in [3.8, 4) is 0 Å². The zero-order valence-corrected chi connectivity index (χ0v) is 16.2. The quantitative estimate of drug-likeness (QED) is 0.741. The number of piperazine rings is 1. The molecule has 0 unspecified atom stereocenters. The Hall–Kier alpha value is -3.61. The van der Waals surface area contributed by atoms with Crippen LogP contribution in [0.3, 0.4) is 0 Å². The third kappa shape index (κ3) is 4.13. The molecule has 1 saturated heterocycles. The van der Waals surface area contributed by atoms with Crippen molar-refractivity contribution in [2.45, 2.75) is 6.92 Å². The molecule has 0 saturated carbocycles. The van der Waals surface area contributed by atoms with Crippen LogP contribution >= 0.6 is 0 Å². The molecule has 0 aliphatic carbocycles. The van der Waals surface area contributed by atoms with Crippen LogP contribution in [0.4, 0.5) is 11.5 Å². The molecule has 2 aromatic heterocycles. The zero-order valence-electron chi connectivity index (χ0n) is 16.2. The van der Waals surface area contributed by atoms with Gasteiger partial charge in [0.1, 0.15) is 13.1 Å². The van der Waals surface area contributed by atoms with Gasteiger partial charge in [0.15, 0.2) is 5.76 Å². The molecule has 0 radical (unpaired) electrons. The maximum absolute atomic E-state index is 13.0. The van der Waals surface area contributed by atoms with Crippen molar-refractivity contribution in [2.24, 2.45) is 0 Å². The third-order valence-corrected chi connectivity index (χ3v) is 5.08. The van der Waals surface area contributed by atoms with Crippen LogP contribution in [0.5, 0.6) is 0 Å². The summed E-state index contributed by atoms with van der Waals surface area (Å²) in [5, 5.41) is 2.82. The van der Waals surface area contributed by atoms with Gasteiger partial charge in [-0.3, -0.25) is 14.5 Å². The van der Waals surface area contributed by atoms with E-state index in [2.05, 4.69) is 15.2 Å². The van der Waals surface area contributed by atoms with E-state index in [1.165, 1.54) is 6.26 Å². The molecule has 2 N–H and O–H groups in total. The Morgan fingerprint density at radius 2 is 1.86 bits per heavy atom. The smallest absolute Gasteiger partial charge is 0.291 e. The minimum absolute atomic E-state index is 0.0322. The molecule has 148 valence electrons. The number of H-pyrrole nitrogens is 1. The molecule has 0 atom stereocenters. The van der Waals surface area contributed by atoms with Crippen LogP contribution in [0.2, 0.25) is 0 Å². The normalized spacial score (nSPS) is 14.0. The number of aromatic amines is 1. The SMILES string of the molecule is Cc1ccc(C(=O)N2CCN(c3cccc[nH+]3)CC2)cc1NC(=O)c1ccco1. The molecule has 1 fully saturated rings.